The summed E-state index contributed by atoms with van der Waals surface area (Å²) in [6.45, 7) is 4.11. The van der Waals surface area contributed by atoms with Gasteiger partial charge in [-0.1, -0.05) is 18.2 Å². The van der Waals surface area contributed by atoms with E-state index in [4.69, 9.17) is 20.4 Å². The zero-order valence-electron chi connectivity index (χ0n) is 17.7. The molecule has 10 heteroatoms. The Balaban J connectivity index is 1.50. The molecular formula is C21H28N6O3S. The predicted octanol–water partition coefficient (Wildman–Crippen LogP) is 0.398. The van der Waals surface area contributed by atoms with Crippen LogP contribution in [0.5, 0.6) is 0 Å². The molecule has 5 rings (SSSR count). The van der Waals surface area contributed by atoms with Gasteiger partial charge in [0.15, 0.2) is 9.84 Å². The van der Waals surface area contributed by atoms with Crippen LogP contribution in [0.15, 0.2) is 29.2 Å². The number of sulfone groups is 1. The number of ether oxygens (including phenoxy) is 1. The van der Waals surface area contributed by atoms with Crippen LogP contribution in [-0.4, -0.2) is 74.5 Å². The van der Waals surface area contributed by atoms with Crippen molar-refractivity contribution in [1.29, 1.82) is 0 Å². The van der Waals surface area contributed by atoms with Crippen molar-refractivity contribution in [2.45, 2.75) is 29.9 Å². The Bertz CT molecular complexity index is 1100. The Morgan fingerprint density at radius 3 is 2.77 bits per heavy atom. The van der Waals surface area contributed by atoms with Crippen LogP contribution in [0.25, 0.3) is 0 Å². The first-order valence-corrected chi connectivity index (χ1v) is 12.2. The van der Waals surface area contributed by atoms with Gasteiger partial charge < -0.3 is 25.6 Å². The van der Waals surface area contributed by atoms with Crippen molar-refractivity contribution >= 4 is 21.6 Å². The van der Waals surface area contributed by atoms with E-state index in [1.54, 1.807) is 12.1 Å². The smallest absolute Gasteiger partial charge is 0.227 e. The topological polar surface area (TPSA) is 114 Å². The summed E-state index contributed by atoms with van der Waals surface area (Å²) in [6.07, 6.45) is 0.861. The quantitative estimate of drug-likeness (QED) is 0.691. The lowest BCUT2D eigenvalue weighted by atomic mass is 9.99. The van der Waals surface area contributed by atoms with E-state index in [9.17, 15) is 8.42 Å². The highest BCUT2D eigenvalue weighted by molar-refractivity contribution is 7.91. The van der Waals surface area contributed by atoms with Crippen LogP contribution < -0.4 is 16.0 Å². The van der Waals surface area contributed by atoms with Crippen LogP contribution >= 0.6 is 0 Å². The molecule has 0 aliphatic carbocycles. The molecule has 3 N–H and O–H groups in total. The second kappa shape index (κ2) is 7.70. The number of rotatable bonds is 4. The molecule has 3 aliphatic rings. The normalized spacial score (nSPS) is 22.1. The van der Waals surface area contributed by atoms with Crippen LogP contribution in [-0.2, 0) is 34.1 Å². The van der Waals surface area contributed by atoms with Gasteiger partial charge in [0.05, 0.1) is 35.1 Å². The maximum atomic E-state index is 12.8. The van der Waals surface area contributed by atoms with Gasteiger partial charge in [-0.2, -0.15) is 4.98 Å². The third-order valence-corrected chi connectivity index (χ3v) is 8.00. The van der Waals surface area contributed by atoms with E-state index in [1.165, 1.54) is 0 Å². The highest BCUT2D eigenvalue weighted by Crippen LogP contribution is 2.29. The molecule has 31 heavy (non-hydrogen) atoms. The molecule has 1 aromatic heterocycles. The van der Waals surface area contributed by atoms with Crippen molar-refractivity contribution in [3.8, 4) is 0 Å². The third-order valence-electron chi connectivity index (χ3n) is 6.21. The Kier molecular flexibility index (Phi) is 5.12. The summed E-state index contributed by atoms with van der Waals surface area (Å²) in [5.41, 5.74) is 8.82. The fourth-order valence-electron chi connectivity index (χ4n) is 4.30. The minimum absolute atomic E-state index is 0.0381. The molecule has 3 aliphatic heterocycles. The molecule has 1 fully saturated rings. The van der Waals surface area contributed by atoms with Crippen molar-refractivity contribution in [2.75, 3.05) is 55.9 Å². The molecule has 0 spiro atoms. The second-order valence-corrected chi connectivity index (χ2v) is 10.9. The highest BCUT2D eigenvalue weighted by Gasteiger charge is 2.35. The zero-order valence-corrected chi connectivity index (χ0v) is 18.5. The van der Waals surface area contributed by atoms with Crippen LogP contribution in [0.1, 0.15) is 16.8 Å². The number of nitrogens with zero attached hydrogens (tertiary/aromatic N) is 4. The van der Waals surface area contributed by atoms with Crippen molar-refractivity contribution in [2.24, 2.45) is 5.73 Å². The maximum absolute atomic E-state index is 12.8. The van der Waals surface area contributed by atoms with Crippen molar-refractivity contribution in [1.82, 2.24) is 14.9 Å². The second-order valence-electron chi connectivity index (χ2n) is 8.84. The number of anilines is 2. The van der Waals surface area contributed by atoms with E-state index in [-0.39, 0.29) is 11.3 Å². The number of aromatic nitrogens is 2. The maximum Gasteiger partial charge on any atom is 0.227 e. The summed E-state index contributed by atoms with van der Waals surface area (Å²) in [5.74, 6) is 1.39. The molecule has 0 amide bonds. The zero-order chi connectivity index (χ0) is 21.6. The van der Waals surface area contributed by atoms with E-state index < -0.39 is 9.84 Å². The summed E-state index contributed by atoms with van der Waals surface area (Å²) < 4.78 is 30.8. The summed E-state index contributed by atoms with van der Waals surface area (Å²) in [5, 5.41) is 3.44. The van der Waals surface area contributed by atoms with Crippen LogP contribution in [0.2, 0.25) is 0 Å². The third kappa shape index (κ3) is 4.00. The number of hydrogen-bond acceptors (Lipinski definition) is 9. The first-order chi connectivity index (χ1) is 14.8. The Morgan fingerprint density at radius 2 is 2.00 bits per heavy atom. The van der Waals surface area contributed by atoms with Gasteiger partial charge in [0.25, 0.3) is 0 Å². The molecule has 1 aromatic carbocycles. The molecule has 0 unspecified atom stereocenters. The molecule has 0 bridgehead atoms. The lowest BCUT2D eigenvalue weighted by molar-refractivity contribution is -0.0462. The van der Waals surface area contributed by atoms with Crippen molar-refractivity contribution in [3.63, 3.8) is 0 Å². The molecule has 9 nitrogen and oxygen atoms in total. The first kappa shape index (κ1) is 20.6. The van der Waals surface area contributed by atoms with Gasteiger partial charge in [-0.15, -0.1) is 0 Å². The van der Waals surface area contributed by atoms with Crippen LogP contribution in [0, 0.1) is 0 Å². The summed E-state index contributed by atoms with van der Waals surface area (Å²) in [6, 6.07) is 7.19. The molecule has 1 saturated heterocycles. The summed E-state index contributed by atoms with van der Waals surface area (Å²) in [4.78, 5) is 14.3. The molecule has 0 atom stereocenters. The number of benzene rings is 1. The molecular weight excluding hydrogens is 416 g/mol. The van der Waals surface area contributed by atoms with Crippen molar-refractivity contribution in [3.05, 3.63) is 41.1 Å². The Morgan fingerprint density at radius 1 is 1.19 bits per heavy atom. The average molecular weight is 445 g/mol. The Hall–Kier alpha value is -2.27. The SMILES string of the molecule is CN1CCc2c(nc(N3CCS(=O)(=O)c4ccccc4C3)nc2NCC2(N)COC2)C1. The molecule has 0 radical (unpaired) electrons. The predicted molar refractivity (Wildman–Crippen MR) is 118 cm³/mol. The van der Waals surface area contributed by atoms with E-state index in [1.807, 2.05) is 17.0 Å². The van der Waals surface area contributed by atoms with Gasteiger partial charge >= 0.3 is 0 Å². The number of fused-ring (bicyclic) bond motifs is 2. The number of nitrogens with one attached hydrogen (secondary N) is 1. The van der Waals surface area contributed by atoms with Crippen molar-refractivity contribution < 1.29 is 13.2 Å². The largest absolute Gasteiger partial charge is 0.377 e. The van der Waals surface area contributed by atoms with E-state index in [0.29, 0.717) is 43.7 Å². The van der Waals surface area contributed by atoms with E-state index in [0.717, 1.165) is 42.1 Å². The summed E-state index contributed by atoms with van der Waals surface area (Å²) in [7, 11) is -1.26. The number of nitrogens with two attached hydrogens (primary N) is 1. The first-order valence-electron chi connectivity index (χ1n) is 10.6. The molecule has 166 valence electrons. The standard InChI is InChI=1S/C21H28N6O3S/c1-26-7-6-16-17(11-26)24-20(25-19(16)23-12-21(22)13-30-14-21)27-8-9-31(28,29)18-5-3-2-4-15(18)10-27/h2-5H,6-14,22H2,1H3,(H,23,24,25). The van der Waals surface area contributed by atoms with Crippen LogP contribution in [0.4, 0.5) is 11.8 Å². The average Bonchev–Trinajstić information content (AvgIpc) is 2.86. The van der Waals surface area contributed by atoms with Gasteiger partial charge in [0.2, 0.25) is 5.95 Å². The Labute approximate surface area is 182 Å². The fourth-order valence-corrected chi connectivity index (χ4v) is 5.79. The number of hydrogen-bond donors (Lipinski definition) is 2. The molecule has 0 saturated carbocycles. The number of likely N-dealkylation sites (N-methyl/N-ethyl adjacent to an activating group) is 1. The van der Waals surface area contributed by atoms with Gasteiger partial charge in [0.1, 0.15) is 5.82 Å². The monoisotopic (exact) mass is 444 g/mol. The van der Waals surface area contributed by atoms with Gasteiger partial charge in [0, 0.05) is 38.3 Å². The molecule has 4 heterocycles. The molecule has 2 aromatic rings. The van der Waals surface area contributed by atoms with Gasteiger partial charge in [-0.05, 0) is 25.1 Å². The fraction of sp³-hybridized carbons (Fsp3) is 0.524. The highest BCUT2D eigenvalue weighted by atomic mass is 32.2. The van der Waals surface area contributed by atoms with Gasteiger partial charge in [-0.3, -0.25) is 0 Å². The van der Waals surface area contributed by atoms with Gasteiger partial charge in [-0.25, -0.2) is 13.4 Å². The lowest BCUT2D eigenvalue weighted by Crippen LogP contribution is -2.61. The van der Waals surface area contributed by atoms with E-state index >= 15 is 0 Å². The minimum Gasteiger partial charge on any atom is -0.377 e. The lowest BCUT2D eigenvalue weighted by Gasteiger charge is -2.38. The van der Waals surface area contributed by atoms with Crippen LogP contribution in [0.3, 0.4) is 0 Å². The van der Waals surface area contributed by atoms with E-state index in [2.05, 4.69) is 17.3 Å². The minimum atomic E-state index is -3.33. The summed E-state index contributed by atoms with van der Waals surface area (Å²) >= 11 is 0.